The van der Waals surface area contributed by atoms with Crippen LogP contribution in [-0.4, -0.2) is 64.1 Å². The summed E-state index contributed by atoms with van der Waals surface area (Å²) in [4.78, 5) is 62.7. The number of piperidine rings is 1. The highest BCUT2D eigenvalue weighted by Crippen LogP contribution is 2.38. The van der Waals surface area contributed by atoms with Crippen LogP contribution in [0.1, 0.15) is 58.3 Å². The number of hydrogen-bond acceptors (Lipinski definition) is 6. The molecule has 0 N–H and O–H groups in total. The fourth-order valence-corrected chi connectivity index (χ4v) is 4.72. The summed E-state index contributed by atoms with van der Waals surface area (Å²) >= 11 is 0. The number of hydrogen-bond donors (Lipinski definition) is 0. The lowest BCUT2D eigenvalue weighted by Gasteiger charge is -2.29. The quantitative estimate of drug-likeness (QED) is 0.503. The number of nitrogens with zero attached hydrogens (tertiary/aromatic N) is 3. The lowest BCUT2D eigenvalue weighted by Crippen LogP contribution is -2.48. The maximum atomic E-state index is 12.7. The topological polar surface area (TPSA) is 96.5 Å². The SMILES string of the molecule is CCCCON1C(=O)N2C[C@@H]1CC[C@H]2C(=O)ON1C(=O)C2CCCCC2C1=O. The molecule has 1 aliphatic carbocycles. The Morgan fingerprint density at radius 2 is 1.71 bits per heavy atom. The zero-order valence-electron chi connectivity index (χ0n) is 16.2. The van der Waals surface area contributed by atoms with Gasteiger partial charge in [0.1, 0.15) is 6.04 Å². The van der Waals surface area contributed by atoms with Crippen molar-refractivity contribution in [3.05, 3.63) is 0 Å². The molecule has 154 valence electrons. The Labute approximate surface area is 163 Å². The van der Waals surface area contributed by atoms with Gasteiger partial charge in [0.15, 0.2) is 0 Å². The minimum absolute atomic E-state index is 0.0775. The standard InChI is InChI=1S/C19H27N3O6/c1-2-3-10-27-21-12-8-9-15(20(11-12)19(21)26)18(25)28-22-16(23)13-6-4-5-7-14(13)17(22)24/h12-15H,2-11H2,1H3/t12-,13?,14?,15-/m0/s1. The summed E-state index contributed by atoms with van der Waals surface area (Å²) in [6, 6.07) is -1.23. The predicted octanol–water partition coefficient (Wildman–Crippen LogP) is 1.62. The van der Waals surface area contributed by atoms with Crippen LogP contribution in [0.25, 0.3) is 0 Å². The van der Waals surface area contributed by atoms with E-state index < -0.39 is 23.8 Å². The van der Waals surface area contributed by atoms with Gasteiger partial charge in [0.25, 0.3) is 11.8 Å². The molecule has 4 rings (SSSR count). The van der Waals surface area contributed by atoms with Gasteiger partial charge in [0, 0.05) is 6.54 Å². The molecule has 1 saturated carbocycles. The number of carbonyl (C=O) groups excluding carboxylic acids is 4. The molecule has 28 heavy (non-hydrogen) atoms. The van der Waals surface area contributed by atoms with Crippen molar-refractivity contribution in [3.63, 3.8) is 0 Å². The largest absolute Gasteiger partial charge is 0.355 e. The molecule has 0 aromatic heterocycles. The molecule has 0 aromatic carbocycles. The molecule has 3 aliphatic heterocycles. The van der Waals surface area contributed by atoms with Gasteiger partial charge in [-0.05, 0) is 32.1 Å². The van der Waals surface area contributed by atoms with E-state index in [1.54, 1.807) is 0 Å². The van der Waals surface area contributed by atoms with Crippen LogP contribution in [0.15, 0.2) is 0 Å². The highest BCUT2D eigenvalue weighted by molar-refractivity contribution is 6.05. The van der Waals surface area contributed by atoms with Crippen molar-refractivity contribution in [1.29, 1.82) is 0 Å². The minimum Gasteiger partial charge on any atom is -0.328 e. The van der Waals surface area contributed by atoms with E-state index in [1.165, 1.54) is 9.96 Å². The van der Waals surface area contributed by atoms with Crippen molar-refractivity contribution in [2.45, 2.75) is 70.4 Å². The molecule has 9 nitrogen and oxygen atoms in total. The number of amides is 4. The third-order valence-corrected chi connectivity index (χ3v) is 6.31. The smallest absolute Gasteiger partial charge is 0.328 e. The Hall–Kier alpha value is -2.16. The van der Waals surface area contributed by atoms with Crippen LogP contribution in [0.4, 0.5) is 4.79 Å². The summed E-state index contributed by atoms with van der Waals surface area (Å²) in [5.41, 5.74) is 0. The van der Waals surface area contributed by atoms with Crippen molar-refractivity contribution < 1.29 is 28.9 Å². The van der Waals surface area contributed by atoms with Gasteiger partial charge in [0.2, 0.25) is 0 Å². The third kappa shape index (κ3) is 3.15. The van der Waals surface area contributed by atoms with Crippen molar-refractivity contribution in [2.75, 3.05) is 13.2 Å². The second-order valence-electron chi connectivity index (χ2n) is 8.07. The van der Waals surface area contributed by atoms with Crippen molar-refractivity contribution in [1.82, 2.24) is 15.0 Å². The fraction of sp³-hybridized carbons (Fsp3) is 0.789. The van der Waals surface area contributed by atoms with E-state index >= 15 is 0 Å². The molecule has 3 heterocycles. The van der Waals surface area contributed by atoms with Crippen molar-refractivity contribution in [2.24, 2.45) is 11.8 Å². The molecule has 2 unspecified atom stereocenters. The van der Waals surface area contributed by atoms with Gasteiger partial charge in [0.05, 0.1) is 24.5 Å². The molecule has 0 radical (unpaired) electrons. The number of carbonyl (C=O) groups is 4. The van der Waals surface area contributed by atoms with Crippen LogP contribution >= 0.6 is 0 Å². The van der Waals surface area contributed by atoms with Gasteiger partial charge in [-0.1, -0.05) is 26.2 Å². The molecule has 3 saturated heterocycles. The predicted molar refractivity (Wildman–Crippen MR) is 95.0 cm³/mol. The molecule has 2 bridgehead atoms. The zero-order chi connectivity index (χ0) is 19.8. The Morgan fingerprint density at radius 3 is 2.36 bits per heavy atom. The van der Waals surface area contributed by atoms with E-state index in [0.717, 1.165) is 25.7 Å². The Kier molecular flexibility index (Phi) is 5.27. The first-order valence-electron chi connectivity index (χ1n) is 10.3. The number of rotatable bonds is 6. The summed E-state index contributed by atoms with van der Waals surface area (Å²) in [6.45, 7) is 2.89. The Morgan fingerprint density at radius 1 is 1.04 bits per heavy atom. The van der Waals surface area contributed by atoms with Crippen LogP contribution in [0, 0.1) is 11.8 Å². The van der Waals surface area contributed by atoms with Crippen molar-refractivity contribution in [3.8, 4) is 0 Å². The lowest BCUT2D eigenvalue weighted by atomic mass is 9.81. The molecule has 4 aliphatic rings. The summed E-state index contributed by atoms with van der Waals surface area (Å²) in [5, 5.41) is 2.02. The second-order valence-corrected chi connectivity index (χ2v) is 8.07. The molecular formula is C19H27N3O6. The van der Waals surface area contributed by atoms with E-state index in [4.69, 9.17) is 9.68 Å². The first kappa shape index (κ1) is 19.2. The minimum atomic E-state index is -0.799. The first-order chi connectivity index (χ1) is 13.5. The molecule has 0 spiro atoms. The molecular weight excluding hydrogens is 366 g/mol. The van der Waals surface area contributed by atoms with E-state index in [0.29, 0.717) is 43.9 Å². The van der Waals surface area contributed by atoms with Crippen LogP contribution in [0.2, 0.25) is 0 Å². The summed E-state index contributed by atoms with van der Waals surface area (Å²) in [7, 11) is 0. The fourth-order valence-electron chi connectivity index (χ4n) is 4.72. The van der Waals surface area contributed by atoms with Crippen LogP contribution < -0.4 is 0 Å². The molecule has 4 fully saturated rings. The lowest BCUT2D eigenvalue weighted by molar-refractivity contribution is -0.202. The van der Waals surface area contributed by atoms with E-state index in [-0.39, 0.29) is 23.9 Å². The number of urea groups is 1. The Balaban J connectivity index is 1.40. The summed E-state index contributed by atoms with van der Waals surface area (Å²) in [6.07, 6.45) is 5.97. The number of fused-ring (bicyclic) bond motifs is 3. The number of unbranched alkanes of at least 4 members (excludes halogenated alkanes) is 1. The van der Waals surface area contributed by atoms with Gasteiger partial charge < -0.3 is 9.74 Å². The highest BCUT2D eigenvalue weighted by Gasteiger charge is 2.53. The van der Waals surface area contributed by atoms with Gasteiger partial charge in [-0.15, -0.1) is 5.06 Å². The normalized spacial score (nSPS) is 32.2. The second kappa shape index (κ2) is 7.69. The van der Waals surface area contributed by atoms with E-state index in [1.807, 2.05) is 6.92 Å². The van der Waals surface area contributed by atoms with Gasteiger partial charge in [-0.2, -0.15) is 5.06 Å². The number of hydroxylamine groups is 4. The van der Waals surface area contributed by atoms with Gasteiger partial charge >= 0.3 is 12.0 Å². The maximum absolute atomic E-state index is 12.7. The van der Waals surface area contributed by atoms with Crippen LogP contribution in [0.5, 0.6) is 0 Å². The highest BCUT2D eigenvalue weighted by atomic mass is 16.7. The van der Waals surface area contributed by atoms with Gasteiger partial charge in [-0.3, -0.25) is 14.4 Å². The Bertz CT molecular complexity index is 659. The van der Waals surface area contributed by atoms with Crippen LogP contribution in [-0.2, 0) is 24.1 Å². The average molecular weight is 393 g/mol. The zero-order valence-corrected chi connectivity index (χ0v) is 16.2. The molecule has 0 aromatic rings. The first-order valence-corrected chi connectivity index (χ1v) is 10.3. The third-order valence-electron chi connectivity index (χ3n) is 6.31. The summed E-state index contributed by atoms with van der Waals surface area (Å²) < 4.78 is 0. The molecule has 4 amide bonds. The van der Waals surface area contributed by atoms with Gasteiger partial charge in [-0.25, -0.2) is 9.59 Å². The van der Waals surface area contributed by atoms with Crippen LogP contribution in [0.3, 0.4) is 0 Å². The average Bonchev–Trinajstić information content (AvgIpc) is 3.09. The van der Waals surface area contributed by atoms with E-state index in [9.17, 15) is 19.2 Å². The van der Waals surface area contributed by atoms with E-state index in [2.05, 4.69) is 0 Å². The number of imide groups is 1. The summed E-state index contributed by atoms with van der Waals surface area (Å²) in [5.74, 6) is -2.31. The molecule has 9 heteroatoms. The monoisotopic (exact) mass is 393 g/mol. The maximum Gasteiger partial charge on any atom is 0.355 e. The molecule has 4 atom stereocenters. The van der Waals surface area contributed by atoms with Crippen molar-refractivity contribution >= 4 is 23.8 Å².